The van der Waals surface area contributed by atoms with Gasteiger partial charge in [-0.1, -0.05) is 19.3 Å². The smallest absolute Gasteiger partial charge is 0.340 e. The lowest BCUT2D eigenvalue weighted by Gasteiger charge is -2.47. The summed E-state index contributed by atoms with van der Waals surface area (Å²) in [5.74, 6) is -0.706. The Hall–Kier alpha value is -1.27. The van der Waals surface area contributed by atoms with E-state index in [0.717, 1.165) is 24.2 Å². The highest BCUT2D eigenvalue weighted by molar-refractivity contribution is 5.99. The van der Waals surface area contributed by atoms with E-state index in [0.29, 0.717) is 12.8 Å². The van der Waals surface area contributed by atoms with Gasteiger partial charge in [-0.25, -0.2) is 0 Å². The number of nitrogens with one attached hydrogen (secondary N) is 1. The lowest BCUT2D eigenvalue weighted by Crippen LogP contribution is -2.70. The first-order valence-corrected chi connectivity index (χ1v) is 6.95. The van der Waals surface area contributed by atoms with E-state index in [1.165, 1.54) is 6.92 Å². The van der Waals surface area contributed by atoms with Crippen molar-refractivity contribution < 1.29 is 22.8 Å². The van der Waals surface area contributed by atoms with Crippen LogP contribution in [0.5, 0.6) is 0 Å². The maximum Gasteiger partial charge on any atom is 0.390 e. The zero-order valence-electron chi connectivity index (χ0n) is 11.4. The summed E-state index contributed by atoms with van der Waals surface area (Å²) in [5, 5.41) is 2.75. The first-order valence-electron chi connectivity index (χ1n) is 6.95. The molecular formula is C13H19F3N2O2. The van der Waals surface area contributed by atoms with Crippen molar-refractivity contribution in [2.75, 3.05) is 6.54 Å². The predicted octanol–water partition coefficient (Wildman–Crippen LogP) is 1.99. The predicted molar refractivity (Wildman–Crippen MR) is 65.8 cm³/mol. The number of amides is 2. The molecule has 1 saturated carbocycles. The maximum atomic E-state index is 12.5. The second kappa shape index (κ2) is 5.26. The molecule has 0 aromatic rings. The summed E-state index contributed by atoms with van der Waals surface area (Å²) in [4.78, 5) is 25.6. The van der Waals surface area contributed by atoms with Crippen LogP contribution in [0.2, 0.25) is 0 Å². The van der Waals surface area contributed by atoms with E-state index in [9.17, 15) is 22.8 Å². The summed E-state index contributed by atoms with van der Waals surface area (Å²) in [6, 6.07) is -0.836. The molecule has 0 aromatic heterocycles. The van der Waals surface area contributed by atoms with Gasteiger partial charge in [0.1, 0.15) is 11.6 Å². The molecule has 4 nitrogen and oxygen atoms in total. The van der Waals surface area contributed by atoms with E-state index in [1.54, 1.807) is 0 Å². The standard InChI is InChI=1S/C13H19F3N2O2/c1-9-10(19)17-12(5-3-2-4-6-12)11(20)18(9)8-7-13(14,15)16/h9H,2-8H2,1H3,(H,17,19). The minimum Gasteiger partial charge on any atom is -0.340 e. The van der Waals surface area contributed by atoms with Gasteiger partial charge >= 0.3 is 6.18 Å². The minimum atomic E-state index is -4.33. The summed E-state index contributed by atoms with van der Waals surface area (Å²) in [5.41, 5.74) is -0.965. The fourth-order valence-electron chi connectivity index (χ4n) is 3.02. The number of alkyl halides is 3. The molecule has 2 aliphatic rings. The molecule has 1 saturated heterocycles. The molecule has 114 valence electrons. The maximum absolute atomic E-state index is 12.5. The molecule has 1 atom stereocenters. The fourth-order valence-corrected chi connectivity index (χ4v) is 3.02. The molecule has 1 unspecified atom stereocenters. The van der Waals surface area contributed by atoms with Crippen molar-refractivity contribution in [3.05, 3.63) is 0 Å². The summed E-state index contributed by atoms with van der Waals surface area (Å²) < 4.78 is 37.1. The van der Waals surface area contributed by atoms with Crippen LogP contribution < -0.4 is 5.32 Å². The lowest BCUT2D eigenvalue weighted by atomic mass is 9.78. The van der Waals surface area contributed by atoms with Gasteiger partial charge < -0.3 is 10.2 Å². The molecule has 2 fully saturated rings. The SMILES string of the molecule is CC1C(=O)NC2(CCCCC2)C(=O)N1CCC(F)(F)F. The molecule has 1 aliphatic carbocycles. The van der Waals surface area contributed by atoms with E-state index in [-0.39, 0.29) is 11.8 Å². The van der Waals surface area contributed by atoms with Crippen LogP contribution in [0.4, 0.5) is 13.2 Å². The topological polar surface area (TPSA) is 49.4 Å². The van der Waals surface area contributed by atoms with Crippen molar-refractivity contribution in [2.24, 2.45) is 0 Å². The van der Waals surface area contributed by atoms with Crippen LogP contribution in [0, 0.1) is 0 Å². The van der Waals surface area contributed by atoms with E-state index in [1.807, 2.05) is 0 Å². The van der Waals surface area contributed by atoms with Crippen molar-refractivity contribution in [1.29, 1.82) is 0 Å². The van der Waals surface area contributed by atoms with Gasteiger partial charge in [-0.15, -0.1) is 0 Å². The van der Waals surface area contributed by atoms with E-state index < -0.39 is 30.7 Å². The highest BCUT2D eigenvalue weighted by atomic mass is 19.4. The summed E-state index contributed by atoms with van der Waals surface area (Å²) in [6.07, 6.45) is -1.75. The molecule has 0 bridgehead atoms. The lowest BCUT2D eigenvalue weighted by molar-refractivity contribution is -0.163. The normalized spacial score (nSPS) is 26.8. The van der Waals surface area contributed by atoms with Crippen LogP contribution in [0.15, 0.2) is 0 Å². The number of nitrogens with zero attached hydrogens (tertiary/aromatic N) is 1. The number of carbonyl (C=O) groups is 2. The first kappa shape index (κ1) is 15.1. The van der Waals surface area contributed by atoms with Gasteiger partial charge in [-0.3, -0.25) is 9.59 Å². The molecule has 1 N–H and O–H groups in total. The Morgan fingerprint density at radius 1 is 1.25 bits per heavy atom. The third-order valence-corrected chi connectivity index (χ3v) is 4.22. The second-order valence-corrected chi connectivity index (χ2v) is 5.67. The summed E-state index contributed by atoms with van der Waals surface area (Å²) in [6.45, 7) is 1.03. The second-order valence-electron chi connectivity index (χ2n) is 5.67. The number of halogens is 3. The van der Waals surface area contributed by atoms with Crippen molar-refractivity contribution in [3.63, 3.8) is 0 Å². The van der Waals surface area contributed by atoms with Crippen molar-refractivity contribution in [2.45, 2.75) is 63.2 Å². The van der Waals surface area contributed by atoms with Crippen LogP contribution in [0.1, 0.15) is 45.4 Å². The third-order valence-electron chi connectivity index (χ3n) is 4.22. The van der Waals surface area contributed by atoms with Gasteiger partial charge in [0.2, 0.25) is 11.8 Å². The molecule has 1 heterocycles. The molecule has 1 aliphatic heterocycles. The number of hydrogen-bond acceptors (Lipinski definition) is 2. The third kappa shape index (κ3) is 2.91. The monoisotopic (exact) mass is 292 g/mol. The zero-order valence-corrected chi connectivity index (χ0v) is 11.4. The number of piperazine rings is 1. The zero-order chi connectivity index (χ0) is 15.0. The van der Waals surface area contributed by atoms with Crippen LogP contribution in [0.3, 0.4) is 0 Å². The van der Waals surface area contributed by atoms with Crippen molar-refractivity contribution in [1.82, 2.24) is 10.2 Å². The van der Waals surface area contributed by atoms with Crippen molar-refractivity contribution in [3.8, 4) is 0 Å². The van der Waals surface area contributed by atoms with E-state index in [4.69, 9.17) is 0 Å². The van der Waals surface area contributed by atoms with Gasteiger partial charge in [-0.2, -0.15) is 13.2 Å². The Balaban J connectivity index is 2.16. The molecule has 2 amide bonds. The molecule has 1 spiro atoms. The molecule has 7 heteroatoms. The molecular weight excluding hydrogens is 273 g/mol. The molecule has 0 radical (unpaired) electrons. The van der Waals surface area contributed by atoms with E-state index in [2.05, 4.69) is 5.32 Å². The number of hydrogen-bond donors (Lipinski definition) is 1. The Bertz CT molecular complexity index is 403. The Kier molecular flexibility index (Phi) is 3.97. The highest BCUT2D eigenvalue weighted by Gasteiger charge is 2.50. The fraction of sp³-hybridized carbons (Fsp3) is 0.846. The summed E-state index contributed by atoms with van der Waals surface area (Å²) >= 11 is 0. The van der Waals surface area contributed by atoms with Gasteiger partial charge in [0.15, 0.2) is 0 Å². The molecule has 0 aromatic carbocycles. The Morgan fingerprint density at radius 2 is 1.85 bits per heavy atom. The van der Waals surface area contributed by atoms with Crippen molar-refractivity contribution >= 4 is 11.8 Å². The first-order chi connectivity index (χ1) is 9.25. The van der Waals surface area contributed by atoms with Crippen LogP contribution in [-0.2, 0) is 9.59 Å². The minimum absolute atomic E-state index is 0.353. The number of rotatable bonds is 2. The van der Waals surface area contributed by atoms with Crippen LogP contribution in [0.25, 0.3) is 0 Å². The molecule has 2 rings (SSSR count). The van der Waals surface area contributed by atoms with Crippen LogP contribution >= 0.6 is 0 Å². The Morgan fingerprint density at radius 3 is 2.40 bits per heavy atom. The Labute approximate surface area is 115 Å². The van der Waals surface area contributed by atoms with Gasteiger partial charge in [0.25, 0.3) is 0 Å². The largest absolute Gasteiger partial charge is 0.390 e. The van der Waals surface area contributed by atoms with Gasteiger partial charge in [0.05, 0.1) is 6.42 Å². The molecule has 20 heavy (non-hydrogen) atoms. The van der Waals surface area contributed by atoms with Gasteiger partial charge in [-0.05, 0) is 19.8 Å². The quantitative estimate of drug-likeness (QED) is 0.846. The van der Waals surface area contributed by atoms with E-state index >= 15 is 0 Å². The average Bonchev–Trinajstić information content (AvgIpc) is 2.36. The average molecular weight is 292 g/mol. The van der Waals surface area contributed by atoms with Gasteiger partial charge in [0, 0.05) is 6.54 Å². The number of carbonyl (C=O) groups excluding carboxylic acids is 2. The summed E-state index contributed by atoms with van der Waals surface area (Å²) in [7, 11) is 0. The van der Waals surface area contributed by atoms with Crippen LogP contribution in [-0.4, -0.2) is 41.0 Å². The highest BCUT2D eigenvalue weighted by Crippen LogP contribution is 2.34.